The van der Waals surface area contributed by atoms with Gasteiger partial charge >= 0.3 is 0 Å². The smallest absolute Gasteiger partial charge is 0.257 e. The van der Waals surface area contributed by atoms with Crippen molar-refractivity contribution in [3.63, 3.8) is 0 Å². The Morgan fingerprint density at radius 2 is 1.50 bits per heavy atom. The predicted octanol–water partition coefficient (Wildman–Crippen LogP) is 7.11. The minimum atomic E-state index is -3.44. The van der Waals surface area contributed by atoms with Gasteiger partial charge in [-0.1, -0.05) is 34.8 Å². The van der Waals surface area contributed by atoms with E-state index >= 15 is 0 Å². The third-order valence-corrected chi connectivity index (χ3v) is 8.15. The summed E-state index contributed by atoms with van der Waals surface area (Å²) in [5.41, 5.74) is 2.49. The lowest BCUT2D eigenvalue weighted by Gasteiger charge is -2.13. The van der Waals surface area contributed by atoms with E-state index in [1.165, 1.54) is 18.2 Å². The SMILES string of the molecule is Cc1cc(NS(C)(=O)=O)ccc1NC(=O)c1cc(NC(=O)C2C(c3cc(Cl)cc(Cl)c3)C2(Cl)Cl)ccc1Cl. The molecule has 13 heteroatoms. The first-order valence-electron chi connectivity index (χ1n) is 11.0. The summed E-state index contributed by atoms with van der Waals surface area (Å²) in [6.45, 7) is 1.71. The van der Waals surface area contributed by atoms with Crippen LogP contribution in [0, 0.1) is 12.8 Å². The lowest BCUT2D eigenvalue weighted by molar-refractivity contribution is -0.117. The Morgan fingerprint density at radius 1 is 0.868 bits per heavy atom. The second-order valence-electron chi connectivity index (χ2n) is 8.87. The molecule has 4 rings (SSSR count). The van der Waals surface area contributed by atoms with Gasteiger partial charge in [0.1, 0.15) is 4.33 Å². The molecule has 3 N–H and O–H groups in total. The van der Waals surface area contributed by atoms with Crippen LogP contribution in [0.5, 0.6) is 0 Å². The zero-order valence-corrected chi connectivity index (χ0v) is 24.4. The minimum Gasteiger partial charge on any atom is -0.326 e. The van der Waals surface area contributed by atoms with E-state index in [1.807, 2.05) is 0 Å². The number of hydrogen-bond donors (Lipinski definition) is 3. The Bertz CT molecular complexity index is 1540. The van der Waals surface area contributed by atoms with Crippen molar-refractivity contribution in [2.24, 2.45) is 5.92 Å². The van der Waals surface area contributed by atoms with Gasteiger partial charge in [-0.2, -0.15) is 0 Å². The largest absolute Gasteiger partial charge is 0.326 e. The molecule has 7 nitrogen and oxygen atoms in total. The number of halogens is 5. The topological polar surface area (TPSA) is 104 Å². The molecule has 1 aliphatic carbocycles. The quantitative estimate of drug-likeness (QED) is 0.241. The summed E-state index contributed by atoms with van der Waals surface area (Å²) < 4.78 is 23.9. The van der Waals surface area contributed by atoms with Crippen LogP contribution in [-0.2, 0) is 14.8 Å². The van der Waals surface area contributed by atoms with Gasteiger partial charge in [0.2, 0.25) is 15.9 Å². The summed E-state index contributed by atoms with van der Waals surface area (Å²) >= 11 is 31.3. The van der Waals surface area contributed by atoms with Gasteiger partial charge in [0, 0.05) is 33.0 Å². The number of amides is 2. The van der Waals surface area contributed by atoms with Gasteiger partial charge < -0.3 is 10.6 Å². The van der Waals surface area contributed by atoms with Crippen molar-refractivity contribution in [3.8, 4) is 0 Å². The summed E-state index contributed by atoms with van der Waals surface area (Å²) in [4.78, 5) is 26.1. The van der Waals surface area contributed by atoms with Crippen LogP contribution in [0.1, 0.15) is 27.4 Å². The van der Waals surface area contributed by atoms with E-state index in [-0.39, 0.29) is 10.6 Å². The van der Waals surface area contributed by atoms with Gasteiger partial charge in [-0.3, -0.25) is 14.3 Å². The fourth-order valence-corrected chi connectivity index (χ4v) is 6.22. The van der Waals surface area contributed by atoms with Crippen LogP contribution in [-0.4, -0.2) is 30.8 Å². The van der Waals surface area contributed by atoms with Crippen molar-refractivity contribution in [1.29, 1.82) is 0 Å². The Labute approximate surface area is 244 Å². The first-order chi connectivity index (χ1) is 17.7. The molecule has 0 aliphatic heterocycles. The van der Waals surface area contributed by atoms with Crippen molar-refractivity contribution in [2.45, 2.75) is 17.2 Å². The van der Waals surface area contributed by atoms with Crippen LogP contribution in [0.4, 0.5) is 17.1 Å². The van der Waals surface area contributed by atoms with Crippen molar-refractivity contribution >= 4 is 96.9 Å². The number of sulfonamides is 1. The molecule has 200 valence electrons. The fourth-order valence-electron chi connectivity index (χ4n) is 4.09. The van der Waals surface area contributed by atoms with E-state index in [9.17, 15) is 18.0 Å². The fraction of sp³-hybridized carbons (Fsp3) is 0.200. The molecule has 0 bridgehead atoms. The average molecular weight is 636 g/mol. The van der Waals surface area contributed by atoms with Crippen LogP contribution >= 0.6 is 58.0 Å². The van der Waals surface area contributed by atoms with Crippen LogP contribution in [0.2, 0.25) is 15.1 Å². The van der Waals surface area contributed by atoms with Crippen molar-refractivity contribution in [2.75, 3.05) is 21.6 Å². The van der Waals surface area contributed by atoms with Gasteiger partial charge in [-0.25, -0.2) is 8.42 Å². The standard InChI is InChI=1S/C25H20Cl5N3O4S/c1-12-7-17(33-38(2,36)37)4-6-20(12)32-23(34)18-11-16(3-5-19(18)28)31-24(35)22-21(25(22,29)30)13-8-14(26)10-15(27)9-13/h3-11,21-22,33H,1-2H3,(H,31,35)(H,32,34). The van der Waals surface area contributed by atoms with Gasteiger partial charge in [0.25, 0.3) is 5.91 Å². The maximum atomic E-state index is 13.0. The zero-order valence-electron chi connectivity index (χ0n) is 19.8. The Kier molecular flexibility index (Phi) is 8.15. The number of benzene rings is 3. The summed E-state index contributed by atoms with van der Waals surface area (Å²) in [6.07, 6.45) is 1.04. The van der Waals surface area contributed by atoms with E-state index in [1.54, 1.807) is 43.3 Å². The van der Waals surface area contributed by atoms with Crippen LogP contribution < -0.4 is 15.4 Å². The van der Waals surface area contributed by atoms with Crippen LogP contribution in [0.15, 0.2) is 54.6 Å². The van der Waals surface area contributed by atoms with Crippen molar-refractivity contribution in [3.05, 3.63) is 86.4 Å². The van der Waals surface area contributed by atoms with E-state index in [4.69, 9.17) is 58.0 Å². The molecule has 0 spiro atoms. The molecule has 38 heavy (non-hydrogen) atoms. The van der Waals surface area contributed by atoms with E-state index < -0.39 is 38.0 Å². The maximum absolute atomic E-state index is 13.0. The molecule has 2 atom stereocenters. The van der Waals surface area contributed by atoms with E-state index in [0.717, 1.165) is 6.26 Å². The van der Waals surface area contributed by atoms with Crippen LogP contribution in [0.3, 0.4) is 0 Å². The molecule has 2 amide bonds. The number of carbonyl (C=O) groups is 2. The summed E-state index contributed by atoms with van der Waals surface area (Å²) in [5.74, 6) is -2.29. The normalized spacial score (nSPS) is 18.0. The molecule has 0 aromatic heterocycles. The number of rotatable bonds is 7. The molecule has 1 aliphatic rings. The molecule has 0 radical (unpaired) electrons. The molecule has 3 aromatic rings. The highest BCUT2D eigenvalue weighted by Gasteiger charge is 2.67. The molecule has 2 unspecified atom stereocenters. The lowest BCUT2D eigenvalue weighted by Crippen LogP contribution is -2.18. The van der Waals surface area contributed by atoms with Gasteiger partial charge in [-0.05, 0) is 72.6 Å². The van der Waals surface area contributed by atoms with Crippen LogP contribution in [0.25, 0.3) is 0 Å². The highest BCUT2D eigenvalue weighted by atomic mass is 35.5. The lowest BCUT2D eigenvalue weighted by atomic mass is 10.1. The average Bonchev–Trinajstić information content (AvgIpc) is 3.37. The molecule has 0 heterocycles. The van der Waals surface area contributed by atoms with E-state index in [0.29, 0.717) is 38.2 Å². The highest BCUT2D eigenvalue weighted by Crippen LogP contribution is 2.65. The Hall–Kier alpha value is -2.20. The third kappa shape index (κ3) is 6.50. The molecule has 3 aromatic carbocycles. The number of anilines is 3. The van der Waals surface area contributed by atoms with Gasteiger partial charge in [0.05, 0.1) is 22.8 Å². The number of hydrogen-bond acceptors (Lipinski definition) is 4. The first kappa shape index (κ1) is 28.8. The minimum absolute atomic E-state index is 0.110. The highest BCUT2D eigenvalue weighted by molar-refractivity contribution is 7.92. The molecule has 1 saturated carbocycles. The molecular weight excluding hydrogens is 616 g/mol. The molecule has 1 fully saturated rings. The van der Waals surface area contributed by atoms with Crippen molar-refractivity contribution in [1.82, 2.24) is 0 Å². The predicted molar refractivity (Wildman–Crippen MR) is 155 cm³/mol. The number of aryl methyl sites for hydroxylation is 1. The Balaban J connectivity index is 1.49. The van der Waals surface area contributed by atoms with Gasteiger partial charge in [0.15, 0.2) is 0 Å². The van der Waals surface area contributed by atoms with Gasteiger partial charge in [-0.15, -0.1) is 23.2 Å². The third-order valence-electron chi connectivity index (χ3n) is 5.84. The maximum Gasteiger partial charge on any atom is 0.257 e. The second-order valence-corrected chi connectivity index (χ2v) is 13.3. The number of nitrogens with one attached hydrogen (secondary N) is 3. The number of alkyl halides is 2. The summed E-state index contributed by atoms with van der Waals surface area (Å²) in [7, 11) is -3.44. The number of carbonyl (C=O) groups excluding carboxylic acids is 2. The Morgan fingerprint density at radius 3 is 2.11 bits per heavy atom. The first-order valence-corrected chi connectivity index (χ1v) is 14.8. The zero-order chi connectivity index (χ0) is 28.0. The van der Waals surface area contributed by atoms with Crippen molar-refractivity contribution < 1.29 is 18.0 Å². The molecular formula is C25H20Cl5N3O4S. The van der Waals surface area contributed by atoms with E-state index in [2.05, 4.69) is 15.4 Å². The summed E-state index contributed by atoms with van der Waals surface area (Å²) in [6, 6.07) is 14.0. The molecule has 0 saturated heterocycles. The monoisotopic (exact) mass is 633 g/mol. The second kappa shape index (κ2) is 10.8. The summed E-state index contributed by atoms with van der Waals surface area (Å²) in [5, 5.41) is 6.44.